The zero-order valence-corrected chi connectivity index (χ0v) is 20.8. The molecule has 1 amide bonds. The number of rotatable bonds is 4. The van der Waals surface area contributed by atoms with Crippen LogP contribution in [0.4, 0.5) is 5.82 Å². The molecule has 0 spiro atoms. The molecule has 5 aromatic rings. The van der Waals surface area contributed by atoms with Crippen LogP contribution in [0.25, 0.3) is 32.0 Å². The van der Waals surface area contributed by atoms with Crippen LogP contribution in [0.15, 0.2) is 55.2 Å². The van der Waals surface area contributed by atoms with Crippen molar-refractivity contribution in [1.29, 1.82) is 0 Å². The highest BCUT2D eigenvalue weighted by Crippen LogP contribution is 2.38. The van der Waals surface area contributed by atoms with Gasteiger partial charge in [0.2, 0.25) is 0 Å². The van der Waals surface area contributed by atoms with E-state index in [4.69, 9.17) is 4.98 Å². The Morgan fingerprint density at radius 2 is 1.86 bits per heavy atom. The van der Waals surface area contributed by atoms with Crippen molar-refractivity contribution < 1.29 is 4.79 Å². The van der Waals surface area contributed by atoms with Gasteiger partial charge in [-0.1, -0.05) is 17.7 Å². The molecule has 180 valence electrons. The number of hydrogen-bond donors (Lipinski definition) is 1. The summed E-state index contributed by atoms with van der Waals surface area (Å²) in [6.45, 7) is 6.67. The minimum Gasteiger partial charge on any atom is -0.352 e. The molecule has 9 nitrogen and oxygen atoms in total. The number of aryl methyl sites for hydroxylation is 2. The number of thiazole rings is 1. The van der Waals surface area contributed by atoms with Crippen molar-refractivity contribution in [1.82, 2.24) is 35.0 Å². The minimum absolute atomic E-state index is 0.0812. The van der Waals surface area contributed by atoms with Gasteiger partial charge in [-0.15, -0.1) is 11.3 Å². The molecule has 0 saturated carbocycles. The quantitative estimate of drug-likeness (QED) is 0.399. The van der Waals surface area contributed by atoms with E-state index in [2.05, 4.69) is 56.0 Å². The molecule has 1 aromatic carbocycles. The Hall–Kier alpha value is -4.18. The average Bonchev–Trinajstić information content (AvgIpc) is 3.54. The fourth-order valence-corrected chi connectivity index (χ4v) is 5.69. The molecule has 10 heteroatoms. The van der Waals surface area contributed by atoms with Crippen LogP contribution < -0.4 is 4.90 Å². The van der Waals surface area contributed by atoms with Gasteiger partial charge >= 0.3 is 0 Å². The van der Waals surface area contributed by atoms with E-state index >= 15 is 0 Å². The second-order valence-corrected chi connectivity index (χ2v) is 9.86. The Balaban J connectivity index is 1.36. The number of fused-ring (bicyclic) bond motifs is 1. The van der Waals surface area contributed by atoms with Crippen molar-refractivity contribution >= 4 is 34.0 Å². The standard InChI is InChI=1S/C26H24N8OS/c1-16-12-17(2)21-19(13-16)22(32-31-21)25-30-23(24(36-25)18-4-3-5-27-14-18)26(35)34-10-8-33(9-11-34)20-15-28-6-7-29-20/h3-7,12-15H,8-11H2,1-2H3,(H,31,32). The molecule has 1 aliphatic heterocycles. The van der Waals surface area contributed by atoms with E-state index in [0.717, 1.165) is 44.0 Å². The molecule has 1 aliphatic rings. The topological polar surface area (TPSA) is 104 Å². The van der Waals surface area contributed by atoms with Crippen molar-refractivity contribution in [3.63, 3.8) is 0 Å². The highest BCUT2D eigenvalue weighted by atomic mass is 32.1. The predicted molar refractivity (Wildman–Crippen MR) is 140 cm³/mol. The van der Waals surface area contributed by atoms with Crippen molar-refractivity contribution in [2.24, 2.45) is 0 Å². The number of anilines is 1. The van der Waals surface area contributed by atoms with E-state index in [1.165, 1.54) is 11.3 Å². The van der Waals surface area contributed by atoms with E-state index in [1.807, 2.05) is 17.0 Å². The number of carbonyl (C=O) groups is 1. The summed E-state index contributed by atoms with van der Waals surface area (Å²) in [5.41, 5.74) is 5.35. The Bertz CT molecular complexity index is 1540. The van der Waals surface area contributed by atoms with Gasteiger partial charge in [-0.3, -0.25) is 19.9 Å². The number of carbonyl (C=O) groups excluding carboxylic acids is 1. The summed E-state index contributed by atoms with van der Waals surface area (Å²) in [6, 6.07) is 8.08. The highest BCUT2D eigenvalue weighted by molar-refractivity contribution is 7.18. The number of nitrogens with one attached hydrogen (secondary N) is 1. The van der Waals surface area contributed by atoms with Gasteiger partial charge in [0.05, 0.1) is 16.6 Å². The third kappa shape index (κ3) is 3.99. The Kier molecular flexibility index (Phi) is 5.65. The van der Waals surface area contributed by atoms with Crippen LogP contribution in [-0.2, 0) is 0 Å². The maximum atomic E-state index is 13.8. The molecule has 0 unspecified atom stereocenters. The summed E-state index contributed by atoms with van der Waals surface area (Å²) in [6.07, 6.45) is 8.60. The second kappa shape index (κ2) is 9.12. The van der Waals surface area contributed by atoms with Gasteiger partial charge in [0.15, 0.2) is 0 Å². The molecule has 0 radical (unpaired) electrons. The first kappa shape index (κ1) is 22.3. The van der Waals surface area contributed by atoms with Crippen molar-refractivity contribution in [2.45, 2.75) is 13.8 Å². The maximum absolute atomic E-state index is 13.8. The number of hydrogen-bond acceptors (Lipinski definition) is 8. The summed E-state index contributed by atoms with van der Waals surface area (Å²) < 4.78 is 0. The molecule has 6 rings (SSSR count). The van der Waals surface area contributed by atoms with Crippen LogP contribution in [0.2, 0.25) is 0 Å². The molecule has 1 fully saturated rings. The van der Waals surface area contributed by atoms with Gasteiger partial charge < -0.3 is 9.80 Å². The van der Waals surface area contributed by atoms with Crippen LogP contribution in [0.3, 0.4) is 0 Å². The molecule has 0 aliphatic carbocycles. The summed E-state index contributed by atoms with van der Waals surface area (Å²) in [7, 11) is 0. The van der Waals surface area contributed by atoms with Gasteiger partial charge in [0.1, 0.15) is 22.2 Å². The van der Waals surface area contributed by atoms with E-state index in [-0.39, 0.29) is 5.91 Å². The van der Waals surface area contributed by atoms with Gasteiger partial charge in [-0.25, -0.2) is 9.97 Å². The van der Waals surface area contributed by atoms with Crippen molar-refractivity contribution in [3.8, 4) is 21.1 Å². The van der Waals surface area contributed by atoms with Gasteiger partial charge in [-0.2, -0.15) is 5.10 Å². The van der Waals surface area contributed by atoms with Crippen molar-refractivity contribution in [2.75, 3.05) is 31.1 Å². The normalized spacial score (nSPS) is 13.9. The Morgan fingerprint density at radius 1 is 1.03 bits per heavy atom. The third-order valence-electron chi connectivity index (χ3n) is 6.41. The SMILES string of the molecule is Cc1cc(C)c2[nH]nc(-c3nc(C(=O)N4CCN(c5cnccn5)CC4)c(-c4cccnc4)s3)c2c1. The second-order valence-electron chi connectivity index (χ2n) is 8.86. The van der Waals surface area contributed by atoms with Gasteiger partial charge in [0.25, 0.3) is 5.91 Å². The first-order chi connectivity index (χ1) is 17.6. The number of pyridine rings is 1. The molecule has 0 bridgehead atoms. The van der Waals surface area contributed by atoms with Gasteiger partial charge in [-0.05, 0) is 31.5 Å². The summed E-state index contributed by atoms with van der Waals surface area (Å²) in [5.74, 6) is 0.745. The molecular formula is C26H24N8OS. The first-order valence-corrected chi connectivity index (χ1v) is 12.6. The van der Waals surface area contributed by atoms with Crippen LogP contribution >= 0.6 is 11.3 Å². The third-order valence-corrected chi connectivity index (χ3v) is 7.52. The number of benzene rings is 1. The number of piperazine rings is 1. The fraction of sp³-hybridized carbons (Fsp3) is 0.231. The van der Waals surface area contributed by atoms with Crippen LogP contribution in [0.1, 0.15) is 21.6 Å². The number of nitrogens with zero attached hydrogens (tertiary/aromatic N) is 7. The lowest BCUT2D eigenvalue weighted by Gasteiger charge is -2.35. The molecule has 5 heterocycles. The molecule has 1 N–H and O–H groups in total. The lowest BCUT2D eigenvalue weighted by molar-refractivity contribution is 0.0742. The number of aromatic amines is 1. The van der Waals surface area contributed by atoms with Crippen LogP contribution in [0.5, 0.6) is 0 Å². The fourth-order valence-electron chi connectivity index (χ4n) is 4.64. The zero-order valence-electron chi connectivity index (χ0n) is 20.0. The van der Waals surface area contributed by atoms with E-state index in [0.29, 0.717) is 36.9 Å². The zero-order chi connectivity index (χ0) is 24.6. The van der Waals surface area contributed by atoms with E-state index < -0.39 is 0 Å². The molecular weight excluding hydrogens is 472 g/mol. The lowest BCUT2D eigenvalue weighted by Crippen LogP contribution is -2.49. The van der Waals surface area contributed by atoms with Gasteiger partial charge in [0, 0.05) is 61.9 Å². The summed E-state index contributed by atoms with van der Waals surface area (Å²) in [4.78, 5) is 36.3. The van der Waals surface area contributed by atoms with Crippen LogP contribution in [-0.4, -0.2) is 67.1 Å². The summed E-state index contributed by atoms with van der Waals surface area (Å²) in [5, 5.41) is 9.47. The largest absolute Gasteiger partial charge is 0.352 e. The average molecular weight is 497 g/mol. The van der Waals surface area contributed by atoms with E-state index in [1.54, 1.807) is 31.0 Å². The first-order valence-electron chi connectivity index (χ1n) is 11.8. The van der Waals surface area contributed by atoms with Crippen LogP contribution in [0, 0.1) is 13.8 Å². The minimum atomic E-state index is -0.0812. The Morgan fingerprint density at radius 3 is 2.61 bits per heavy atom. The lowest BCUT2D eigenvalue weighted by atomic mass is 10.1. The predicted octanol–water partition coefficient (Wildman–Crippen LogP) is 4.12. The van der Waals surface area contributed by atoms with E-state index in [9.17, 15) is 4.79 Å². The monoisotopic (exact) mass is 496 g/mol. The van der Waals surface area contributed by atoms with Crippen molar-refractivity contribution in [3.05, 3.63) is 72.1 Å². The summed E-state index contributed by atoms with van der Waals surface area (Å²) >= 11 is 1.48. The molecule has 0 atom stereocenters. The number of aromatic nitrogens is 6. The molecule has 36 heavy (non-hydrogen) atoms. The number of H-pyrrole nitrogens is 1. The number of amides is 1. The highest BCUT2D eigenvalue weighted by Gasteiger charge is 2.29. The Labute approximate surface area is 211 Å². The maximum Gasteiger partial charge on any atom is 0.274 e. The molecule has 4 aromatic heterocycles. The smallest absolute Gasteiger partial charge is 0.274 e. The molecule has 1 saturated heterocycles.